The lowest BCUT2D eigenvalue weighted by Crippen LogP contribution is -2.05. The van der Waals surface area contributed by atoms with Crippen LogP contribution in [0.1, 0.15) is 11.1 Å². The van der Waals surface area contributed by atoms with Crippen molar-refractivity contribution in [1.29, 1.82) is 0 Å². The highest BCUT2D eigenvalue weighted by molar-refractivity contribution is 9.10. The lowest BCUT2D eigenvalue weighted by molar-refractivity contribution is -0.129. The van der Waals surface area contributed by atoms with Crippen molar-refractivity contribution in [3.8, 4) is 5.75 Å². The second kappa shape index (κ2) is 7.27. The highest BCUT2D eigenvalue weighted by atomic mass is 79.9. The molecule has 0 aliphatic carbocycles. The summed E-state index contributed by atoms with van der Waals surface area (Å²) in [6.07, 6.45) is 3.32. The minimum Gasteiger partial charge on any atom is -0.489 e. The van der Waals surface area contributed by atoms with Crippen LogP contribution in [0.2, 0.25) is 0 Å². The van der Waals surface area contributed by atoms with Gasteiger partial charge in [-0.2, -0.15) is 0 Å². The molecule has 4 nitrogen and oxygen atoms in total. The number of nitrogens with zero attached hydrogens (tertiary/aromatic N) is 1. The van der Waals surface area contributed by atoms with E-state index in [9.17, 15) is 4.79 Å². The SMILES string of the molecule is C=CCOc1ccc(Br)cc1C=C1N=C(c2ccccc2)OC1=O. The molecule has 1 heterocycles. The van der Waals surface area contributed by atoms with Gasteiger partial charge in [-0.3, -0.25) is 0 Å². The number of rotatable bonds is 5. The highest BCUT2D eigenvalue weighted by Gasteiger charge is 2.24. The fourth-order valence-electron chi connectivity index (χ4n) is 2.17. The van der Waals surface area contributed by atoms with Crippen molar-refractivity contribution < 1.29 is 14.3 Å². The summed E-state index contributed by atoms with van der Waals surface area (Å²) in [5.41, 5.74) is 1.72. The Hall–Kier alpha value is -2.66. The van der Waals surface area contributed by atoms with Gasteiger partial charge in [0.15, 0.2) is 5.70 Å². The van der Waals surface area contributed by atoms with E-state index in [1.54, 1.807) is 12.2 Å². The maximum absolute atomic E-state index is 12.1. The zero-order chi connectivity index (χ0) is 16.9. The summed E-state index contributed by atoms with van der Waals surface area (Å²) >= 11 is 3.42. The van der Waals surface area contributed by atoms with Crippen LogP contribution in [-0.2, 0) is 9.53 Å². The van der Waals surface area contributed by atoms with Crippen molar-refractivity contribution in [3.63, 3.8) is 0 Å². The van der Waals surface area contributed by atoms with Gasteiger partial charge >= 0.3 is 5.97 Å². The first-order valence-electron chi connectivity index (χ1n) is 7.28. The van der Waals surface area contributed by atoms with Crippen LogP contribution in [0, 0.1) is 0 Å². The molecule has 2 aromatic carbocycles. The van der Waals surface area contributed by atoms with Gasteiger partial charge in [0.1, 0.15) is 12.4 Å². The number of halogens is 1. The van der Waals surface area contributed by atoms with E-state index in [1.807, 2.05) is 48.5 Å². The molecule has 24 heavy (non-hydrogen) atoms. The van der Waals surface area contributed by atoms with E-state index in [4.69, 9.17) is 9.47 Å². The van der Waals surface area contributed by atoms with Crippen LogP contribution in [0.25, 0.3) is 6.08 Å². The predicted octanol–water partition coefficient (Wildman–Crippen LogP) is 4.36. The number of cyclic esters (lactones) is 1. The number of carbonyl (C=O) groups excluding carboxylic acids is 1. The van der Waals surface area contributed by atoms with Crippen molar-refractivity contribution in [1.82, 2.24) is 0 Å². The molecular weight excluding hydrogens is 370 g/mol. The summed E-state index contributed by atoms with van der Waals surface area (Å²) in [5, 5.41) is 0. The van der Waals surface area contributed by atoms with E-state index in [2.05, 4.69) is 27.5 Å². The summed E-state index contributed by atoms with van der Waals surface area (Å²) in [4.78, 5) is 16.4. The highest BCUT2D eigenvalue weighted by Crippen LogP contribution is 2.27. The molecule has 0 unspecified atom stereocenters. The first-order chi connectivity index (χ1) is 11.7. The number of hydrogen-bond donors (Lipinski definition) is 0. The fraction of sp³-hybridized carbons (Fsp3) is 0.0526. The van der Waals surface area contributed by atoms with Crippen molar-refractivity contribution in [2.45, 2.75) is 0 Å². The van der Waals surface area contributed by atoms with Crippen LogP contribution in [-0.4, -0.2) is 18.5 Å². The maximum atomic E-state index is 12.1. The molecule has 3 rings (SSSR count). The molecule has 2 aromatic rings. The average Bonchev–Trinajstić information content (AvgIpc) is 2.96. The molecule has 5 heteroatoms. The average molecular weight is 384 g/mol. The Balaban J connectivity index is 1.96. The van der Waals surface area contributed by atoms with Crippen LogP contribution in [0.4, 0.5) is 0 Å². The van der Waals surface area contributed by atoms with Crippen molar-refractivity contribution in [2.75, 3.05) is 6.61 Å². The topological polar surface area (TPSA) is 47.9 Å². The van der Waals surface area contributed by atoms with Gasteiger partial charge in [0, 0.05) is 15.6 Å². The number of benzene rings is 2. The Morgan fingerprint density at radius 3 is 2.75 bits per heavy atom. The van der Waals surface area contributed by atoms with Crippen LogP contribution in [0.3, 0.4) is 0 Å². The predicted molar refractivity (Wildman–Crippen MR) is 96.9 cm³/mol. The van der Waals surface area contributed by atoms with Gasteiger partial charge in [0.25, 0.3) is 0 Å². The molecule has 1 aliphatic rings. The Morgan fingerprint density at radius 2 is 2.00 bits per heavy atom. The lowest BCUT2D eigenvalue weighted by atomic mass is 10.1. The third kappa shape index (κ3) is 3.63. The van der Waals surface area contributed by atoms with Crippen LogP contribution in [0.5, 0.6) is 5.75 Å². The monoisotopic (exact) mass is 383 g/mol. The molecule has 0 bridgehead atoms. The lowest BCUT2D eigenvalue weighted by Gasteiger charge is -2.07. The van der Waals surface area contributed by atoms with E-state index < -0.39 is 5.97 Å². The quantitative estimate of drug-likeness (QED) is 0.437. The van der Waals surface area contributed by atoms with Crippen molar-refractivity contribution in [3.05, 3.63) is 82.5 Å². The zero-order valence-electron chi connectivity index (χ0n) is 12.7. The van der Waals surface area contributed by atoms with Gasteiger partial charge in [-0.05, 0) is 36.4 Å². The van der Waals surface area contributed by atoms with Gasteiger partial charge in [-0.25, -0.2) is 9.79 Å². The molecular formula is C19H14BrNO3. The van der Waals surface area contributed by atoms with E-state index in [-0.39, 0.29) is 5.70 Å². The molecule has 0 fully saturated rings. The minimum atomic E-state index is -0.483. The molecule has 120 valence electrons. The number of carbonyl (C=O) groups is 1. The van der Waals surface area contributed by atoms with Gasteiger partial charge in [-0.1, -0.05) is 46.8 Å². The zero-order valence-corrected chi connectivity index (χ0v) is 14.3. The second-order valence-electron chi connectivity index (χ2n) is 4.98. The van der Waals surface area contributed by atoms with E-state index in [0.717, 1.165) is 15.6 Å². The van der Waals surface area contributed by atoms with Gasteiger partial charge in [-0.15, -0.1) is 0 Å². The Bertz CT molecular complexity index is 841. The van der Waals surface area contributed by atoms with E-state index >= 15 is 0 Å². The molecule has 0 aromatic heterocycles. The first kappa shape index (κ1) is 16.2. The molecule has 1 aliphatic heterocycles. The minimum absolute atomic E-state index is 0.232. The van der Waals surface area contributed by atoms with Crippen molar-refractivity contribution >= 4 is 33.9 Å². The number of ether oxygens (including phenoxy) is 2. The summed E-state index contributed by atoms with van der Waals surface area (Å²) in [5.74, 6) is 0.459. The molecule has 0 atom stereocenters. The number of hydrogen-bond acceptors (Lipinski definition) is 4. The van der Waals surface area contributed by atoms with Gasteiger partial charge in [0.2, 0.25) is 5.90 Å². The van der Waals surface area contributed by atoms with Crippen molar-refractivity contribution in [2.24, 2.45) is 4.99 Å². The number of aliphatic imine (C=N–C) groups is 1. The number of esters is 1. The molecule has 0 saturated heterocycles. The van der Waals surface area contributed by atoms with Gasteiger partial charge in [0.05, 0.1) is 0 Å². The van der Waals surface area contributed by atoms with Crippen LogP contribution >= 0.6 is 15.9 Å². The van der Waals surface area contributed by atoms with Crippen LogP contribution in [0.15, 0.2) is 76.3 Å². The largest absolute Gasteiger partial charge is 0.489 e. The summed E-state index contributed by atoms with van der Waals surface area (Å²) in [6.45, 7) is 4.01. The molecule has 0 spiro atoms. The Kier molecular flexibility index (Phi) is 4.91. The third-order valence-electron chi connectivity index (χ3n) is 3.26. The summed E-state index contributed by atoms with van der Waals surface area (Å²) < 4.78 is 11.7. The second-order valence-corrected chi connectivity index (χ2v) is 5.90. The summed E-state index contributed by atoms with van der Waals surface area (Å²) in [7, 11) is 0. The standard InChI is InChI=1S/C19H14BrNO3/c1-2-10-23-17-9-8-15(20)11-14(17)12-16-19(22)24-18(21-16)13-6-4-3-5-7-13/h2-9,11-12H,1,10H2. The third-order valence-corrected chi connectivity index (χ3v) is 3.76. The normalized spacial score (nSPS) is 15.1. The Labute approximate surface area is 148 Å². The smallest absolute Gasteiger partial charge is 0.363 e. The van der Waals surface area contributed by atoms with Crippen LogP contribution < -0.4 is 4.74 Å². The summed E-state index contributed by atoms with van der Waals surface area (Å²) in [6, 6.07) is 14.8. The fourth-order valence-corrected chi connectivity index (χ4v) is 2.55. The molecule has 0 amide bonds. The van der Waals surface area contributed by atoms with E-state index in [1.165, 1.54) is 0 Å². The molecule has 0 N–H and O–H groups in total. The molecule has 0 saturated carbocycles. The van der Waals surface area contributed by atoms with Gasteiger partial charge < -0.3 is 9.47 Å². The maximum Gasteiger partial charge on any atom is 0.363 e. The Morgan fingerprint density at radius 1 is 1.21 bits per heavy atom. The first-order valence-corrected chi connectivity index (χ1v) is 8.08. The van der Waals surface area contributed by atoms with E-state index in [0.29, 0.717) is 18.3 Å². The molecule has 0 radical (unpaired) electrons.